The highest BCUT2D eigenvalue weighted by Gasteiger charge is 2.38. The normalized spacial score (nSPS) is 19.1. The van der Waals surface area contributed by atoms with Gasteiger partial charge in [0, 0.05) is 6.54 Å². The third kappa shape index (κ3) is 5.11. The van der Waals surface area contributed by atoms with E-state index in [9.17, 15) is 14.4 Å². The number of nitrogens with one attached hydrogen (secondary N) is 1. The van der Waals surface area contributed by atoms with Crippen LogP contribution in [0.4, 0.5) is 4.79 Å². The number of ether oxygens (including phenoxy) is 1. The molecular weight excluding hydrogens is 294 g/mol. The molecule has 1 rings (SSSR count). The molecule has 1 heterocycles. The van der Waals surface area contributed by atoms with Gasteiger partial charge < -0.3 is 20.7 Å². The van der Waals surface area contributed by atoms with E-state index in [0.717, 1.165) is 6.42 Å². The molecule has 1 aliphatic heterocycles. The van der Waals surface area contributed by atoms with Crippen molar-refractivity contribution in [1.29, 1.82) is 0 Å². The number of nitrogens with zero attached hydrogens (tertiary/aromatic N) is 1. The molecule has 1 aliphatic rings. The van der Waals surface area contributed by atoms with Crippen LogP contribution in [0.5, 0.6) is 0 Å². The summed E-state index contributed by atoms with van der Waals surface area (Å²) in [5, 5.41) is 2.47. The van der Waals surface area contributed by atoms with Crippen LogP contribution in [-0.2, 0) is 14.3 Å². The van der Waals surface area contributed by atoms with E-state index in [2.05, 4.69) is 5.32 Å². The number of nitrogens with two attached hydrogens (primary N) is 1. The van der Waals surface area contributed by atoms with E-state index in [0.29, 0.717) is 25.1 Å². The van der Waals surface area contributed by atoms with Gasteiger partial charge >= 0.3 is 12.0 Å². The quantitative estimate of drug-likeness (QED) is 0.659. The molecule has 0 radical (unpaired) electrons. The Kier molecular flexibility index (Phi) is 7.35. The van der Waals surface area contributed by atoms with Gasteiger partial charge in [-0.1, -0.05) is 0 Å². The number of hydrogen-bond acceptors (Lipinski definition) is 5. The van der Waals surface area contributed by atoms with Crippen LogP contribution < -0.4 is 11.1 Å². The standard InChI is InChI=1S/C13H23N3O4S/c1-3-20-12(18)10-5-4-7-16(10)11(17)9(6-8-21-2)15-13(14)19/h9-10H,3-8H2,1-2H3,(H3,14,15,19). The van der Waals surface area contributed by atoms with E-state index in [1.54, 1.807) is 18.7 Å². The summed E-state index contributed by atoms with van der Waals surface area (Å²) in [7, 11) is 0. The zero-order valence-electron chi connectivity index (χ0n) is 12.5. The van der Waals surface area contributed by atoms with Crippen molar-refractivity contribution in [2.45, 2.75) is 38.3 Å². The minimum absolute atomic E-state index is 0.265. The Bertz CT molecular complexity index is 392. The average Bonchev–Trinajstić information content (AvgIpc) is 2.92. The Hall–Kier alpha value is -1.44. The third-order valence-corrected chi connectivity index (χ3v) is 3.96. The number of carbonyl (C=O) groups excluding carboxylic acids is 3. The number of hydrogen-bond donors (Lipinski definition) is 2. The van der Waals surface area contributed by atoms with Gasteiger partial charge in [-0.25, -0.2) is 9.59 Å². The first-order chi connectivity index (χ1) is 10.0. The van der Waals surface area contributed by atoms with Gasteiger partial charge in [-0.05, 0) is 38.2 Å². The molecule has 0 saturated carbocycles. The van der Waals surface area contributed by atoms with Crippen LogP contribution in [0.25, 0.3) is 0 Å². The number of primary amides is 1. The van der Waals surface area contributed by atoms with Gasteiger partial charge in [0.15, 0.2) is 0 Å². The number of thioether (sulfide) groups is 1. The molecule has 2 atom stereocenters. The molecule has 3 N–H and O–H groups in total. The van der Waals surface area contributed by atoms with Crippen LogP contribution >= 0.6 is 11.8 Å². The van der Waals surface area contributed by atoms with E-state index < -0.39 is 18.1 Å². The first-order valence-electron chi connectivity index (χ1n) is 7.03. The van der Waals surface area contributed by atoms with Crippen LogP contribution in [0.15, 0.2) is 0 Å². The molecule has 0 aromatic heterocycles. The number of urea groups is 1. The molecule has 120 valence electrons. The van der Waals surface area contributed by atoms with Gasteiger partial charge in [-0.15, -0.1) is 0 Å². The first kappa shape index (κ1) is 17.6. The van der Waals surface area contributed by atoms with Crippen molar-refractivity contribution in [1.82, 2.24) is 10.2 Å². The van der Waals surface area contributed by atoms with Crippen molar-refractivity contribution in [2.24, 2.45) is 5.73 Å². The summed E-state index contributed by atoms with van der Waals surface area (Å²) >= 11 is 1.58. The number of likely N-dealkylation sites (tertiary alicyclic amines) is 1. The lowest BCUT2D eigenvalue weighted by Crippen LogP contribution is -2.53. The lowest BCUT2D eigenvalue weighted by Gasteiger charge is -2.27. The van der Waals surface area contributed by atoms with E-state index in [1.165, 1.54) is 4.90 Å². The van der Waals surface area contributed by atoms with Crippen LogP contribution in [0.1, 0.15) is 26.2 Å². The Morgan fingerprint density at radius 1 is 1.48 bits per heavy atom. The summed E-state index contributed by atoms with van der Waals surface area (Å²) in [5.41, 5.74) is 5.12. The van der Waals surface area contributed by atoms with E-state index in [1.807, 2.05) is 6.26 Å². The first-order valence-corrected chi connectivity index (χ1v) is 8.42. The zero-order valence-corrected chi connectivity index (χ0v) is 13.3. The van der Waals surface area contributed by atoms with Gasteiger partial charge in [-0.3, -0.25) is 4.79 Å². The number of carbonyl (C=O) groups is 3. The second kappa shape index (κ2) is 8.76. The van der Waals surface area contributed by atoms with Crippen molar-refractivity contribution in [2.75, 3.05) is 25.2 Å². The number of rotatable bonds is 7. The summed E-state index contributed by atoms with van der Waals surface area (Å²) in [6.07, 6.45) is 3.75. The molecule has 0 aliphatic carbocycles. The van der Waals surface area contributed by atoms with E-state index in [-0.39, 0.29) is 18.5 Å². The molecular formula is C13H23N3O4S. The average molecular weight is 317 g/mol. The summed E-state index contributed by atoms with van der Waals surface area (Å²) in [6.45, 7) is 2.51. The van der Waals surface area contributed by atoms with E-state index >= 15 is 0 Å². The van der Waals surface area contributed by atoms with E-state index in [4.69, 9.17) is 10.5 Å². The molecule has 1 fully saturated rings. The van der Waals surface area contributed by atoms with Crippen molar-refractivity contribution in [3.05, 3.63) is 0 Å². The Balaban J connectivity index is 2.75. The molecule has 0 bridgehead atoms. The zero-order chi connectivity index (χ0) is 15.8. The minimum Gasteiger partial charge on any atom is -0.464 e. The summed E-state index contributed by atoms with van der Waals surface area (Å²) in [4.78, 5) is 37.0. The Morgan fingerprint density at radius 3 is 2.76 bits per heavy atom. The summed E-state index contributed by atoms with van der Waals surface area (Å²) < 4.78 is 5.00. The molecule has 7 nitrogen and oxygen atoms in total. The third-order valence-electron chi connectivity index (χ3n) is 3.32. The molecule has 3 amide bonds. The molecule has 2 unspecified atom stereocenters. The van der Waals surface area contributed by atoms with Crippen LogP contribution in [0.2, 0.25) is 0 Å². The van der Waals surface area contributed by atoms with Gasteiger partial charge in [0.1, 0.15) is 12.1 Å². The fraction of sp³-hybridized carbons (Fsp3) is 0.769. The van der Waals surface area contributed by atoms with Gasteiger partial charge in [0.25, 0.3) is 0 Å². The highest BCUT2D eigenvalue weighted by Crippen LogP contribution is 2.20. The summed E-state index contributed by atoms with van der Waals surface area (Å²) in [5.74, 6) is 0.0682. The van der Waals surface area contributed by atoms with Gasteiger partial charge in [-0.2, -0.15) is 11.8 Å². The largest absolute Gasteiger partial charge is 0.464 e. The van der Waals surface area contributed by atoms with Crippen LogP contribution in [-0.4, -0.2) is 60.1 Å². The smallest absolute Gasteiger partial charge is 0.328 e. The Labute approximate surface area is 128 Å². The molecule has 8 heteroatoms. The maximum absolute atomic E-state index is 12.5. The van der Waals surface area contributed by atoms with Gasteiger partial charge in [0.05, 0.1) is 6.61 Å². The maximum atomic E-state index is 12.5. The van der Waals surface area contributed by atoms with Crippen LogP contribution in [0, 0.1) is 0 Å². The molecule has 0 spiro atoms. The highest BCUT2D eigenvalue weighted by atomic mass is 32.2. The highest BCUT2D eigenvalue weighted by molar-refractivity contribution is 7.98. The second-order valence-electron chi connectivity index (χ2n) is 4.78. The van der Waals surface area contributed by atoms with Gasteiger partial charge in [0.2, 0.25) is 5.91 Å². The van der Waals surface area contributed by atoms with Crippen LogP contribution in [0.3, 0.4) is 0 Å². The van der Waals surface area contributed by atoms with Crippen molar-refractivity contribution < 1.29 is 19.1 Å². The lowest BCUT2D eigenvalue weighted by molar-refractivity contribution is -0.153. The lowest BCUT2D eigenvalue weighted by atomic mass is 10.1. The molecule has 1 saturated heterocycles. The molecule has 0 aromatic rings. The van der Waals surface area contributed by atoms with Crippen molar-refractivity contribution >= 4 is 29.7 Å². The maximum Gasteiger partial charge on any atom is 0.328 e. The Morgan fingerprint density at radius 2 is 2.19 bits per heavy atom. The number of esters is 1. The monoisotopic (exact) mass is 317 g/mol. The van der Waals surface area contributed by atoms with Crippen molar-refractivity contribution in [3.63, 3.8) is 0 Å². The molecule has 0 aromatic carbocycles. The SMILES string of the molecule is CCOC(=O)C1CCCN1C(=O)C(CCSC)NC(N)=O. The fourth-order valence-corrected chi connectivity index (χ4v) is 2.85. The summed E-state index contributed by atoms with van der Waals surface area (Å²) in [6, 6.07) is -1.98. The fourth-order valence-electron chi connectivity index (χ4n) is 2.38. The topological polar surface area (TPSA) is 102 Å². The van der Waals surface area contributed by atoms with Crippen molar-refractivity contribution in [3.8, 4) is 0 Å². The minimum atomic E-state index is -0.735. The predicted molar refractivity (Wildman–Crippen MR) is 80.9 cm³/mol. The second-order valence-corrected chi connectivity index (χ2v) is 5.77. The molecule has 21 heavy (non-hydrogen) atoms. The number of amides is 3. The predicted octanol–water partition coefficient (Wildman–Crippen LogP) is 0.331.